The fourth-order valence-corrected chi connectivity index (χ4v) is 10.2. The first-order valence-electron chi connectivity index (χ1n) is 20.0. The smallest absolute Gasteiger partial charge is 0.319 e. The van der Waals surface area contributed by atoms with E-state index in [0.717, 1.165) is 52.2 Å². The van der Waals surface area contributed by atoms with Gasteiger partial charge in [-0.05, 0) is 78.9 Å². The molecule has 0 radical (unpaired) electrons. The highest BCUT2D eigenvalue weighted by Crippen LogP contribution is 2.47. The lowest BCUT2D eigenvalue weighted by Crippen LogP contribution is -2.56. The number of anilines is 1. The Bertz CT molecular complexity index is 2300. The number of ether oxygens (including phenoxy) is 2. The molecule has 4 aliphatic rings. The van der Waals surface area contributed by atoms with Gasteiger partial charge in [-0.3, -0.25) is 9.58 Å². The lowest BCUT2D eigenvalue weighted by atomic mass is 9.73. The number of hydrogen-bond acceptors (Lipinski definition) is 9. The van der Waals surface area contributed by atoms with Crippen molar-refractivity contribution in [1.29, 1.82) is 0 Å². The number of hydrogen-bond donors (Lipinski definition) is 1. The molecule has 9 rings (SSSR count). The Kier molecular flexibility index (Phi) is 9.52. The van der Waals surface area contributed by atoms with Crippen LogP contribution in [-0.2, 0) is 18.2 Å². The van der Waals surface area contributed by atoms with Crippen LogP contribution in [0.5, 0.6) is 11.8 Å². The van der Waals surface area contributed by atoms with Crippen LogP contribution >= 0.6 is 0 Å². The van der Waals surface area contributed by atoms with Crippen molar-refractivity contribution >= 4 is 38.4 Å². The van der Waals surface area contributed by atoms with Crippen LogP contribution in [0.4, 0.5) is 23.4 Å². The second-order valence-corrected chi connectivity index (χ2v) is 16.7. The predicted octanol–water partition coefficient (Wildman–Crippen LogP) is 7.17. The van der Waals surface area contributed by atoms with E-state index in [2.05, 4.69) is 14.7 Å². The van der Waals surface area contributed by atoms with Gasteiger partial charge >= 0.3 is 6.01 Å². The highest BCUT2D eigenvalue weighted by molar-refractivity contribution is 6.18. The van der Waals surface area contributed by atoms with E-state index in [4.69, 9.17) is 24.5 Å². The van der Waals surface area contributed by atoms with Gasteiger partial charge in [-0.25, -0.2) is 17.6 Å². The molecule has 2 aromatic heterocycles. The van der Waals surface area contributed by atoms with Crippen LogP contribution in [0.2, 0.25) is 0 Å². The first-order valence-corrected chi connectivity index (χ1v) is 20.0. The highest BCUT2D eigenvalue weighted by Gasteiger charge is 2.46. The van der Waals surface area contributed by atoms with Gasteiger partial charge in [0.15, 0.2) is 5.82 Å². The third-order valence-corrected chi connectivity index (χ3v) is 13.0. The molecule has 1 N–H and O–H groups in total. The van der Waals surface area contributed by atoms with Crippen molar-refractivity contribution in [3.05, 3.63) is 47.7 Å². The lowest BCUT2D eigenvalue weighted by Gasteiger charge is -2.45. The van der Waals surface area contributed by atoms with Crippen LogP contribution < -0.4 is 9.64 Å². The van der Waals surface area contributed by atoms with Gasteiger partial charge in [0, 0.05) is 79.7 Å². The zero-order chi connectivity index (χ0) is 39.0. The first kappa shape index (κ1) is 37.3. The third-order valence-electron chi connectivity index (χ3n) is 13.0. The van der Waals surface area contributed by atoms with Gasteiger partial charge in [0.2, 0.25) is 6.43 Å². The number of phenols is 1. The normalized spacial score (nSPS) is 24.9. The molecule has 0 aliphatic carbocycles. The number of fused-ring (bicyclic) bond motifs is 6. The number of halogens is 4. The Labute approximate surface area is 323 Å². The van der Waals surface area contributed by atoms with Gasteiger partial charge in [-0.1, -0.05) is 26.8 Å². The molecule has 0 amide bonds. The third kappa shape index (κ3) is 6.23. The maximum absolute atomic E-state index is 17.9. The standard InChI is InChI=1S/C42H49F4N7O3/c1-5-28-32(43)10-7-24-13-27(54)14-29(33(24)28)34-36(44)38-35(30-18-50(4)49-37(30)34)40(53-25-8-9-26(53)17-52(16-25)15-23-19-55-20-23)48-41(47-38)56-22-42(3)21-51(6-2)12-11-31(42)39(45)46/h7,10,13-14,18,23,25-26,31,39,54H,5-6,8-9,11-12,15-17,19-22H2,1-4H3/t25?,26?,31-,42+/m1/s1. The number of piperidine rings is 1. The van der Waals surface area contributed by atoms with Gasteiger partial charge in [0.25, 0.3) is 0 Å². The lowest BCUT2D eigenvalue weighted by molar-refractivity contribution is -0.0721. The maximum atomic E-state index is 17.9. The summed E-state index contributed by atoms with van der Waals surface area (Å²) in [5.74, 6) is -1.08. The summed E-state index contributed by atoms with van der Waals surface area (Å²) in [6.45, 7) is 11.5. The minimum absolute atomic E-state index is 0.00529. The number of likely N-dealkylation sites (tertiary alicyclic amines) is 2. The largest absolute Gasteiger partial charge is 0.508 e. The molecule has 4 aliphatic heterocycles. The monoisotopic (exact) mass is 775 g/mol. The topological polar surface area (TPSA) is 92.0 Å². The molecule has 6 heterocycles. The number of phenolic OH excluding ortho intramolecular Hbond substituents is 1. The number of aromatic hydroxyl groups is 1. The molecule has 56 heavy (non-hydrogen) atoms. The molecule has 0 saturated carbocycles. The van der Waals surface area contributed by atoms with E-state index in [1.807, 2.05) is 27.0 Å². The number of nitrogens with zero attached hydrogens (tertiary/aromatic N) is 7. The van der Waals surface area contributed by atoms with Crippen LogP contribution in [0.3, 0.4) is 0 Å². The molecule has 298 valence electrons. The minimum Gasteiger partial charge on any atom is -0.508 e. The molecular formula is C42H49F4N7O3. The maximum Gasteiger partial charge on any atom is 0.319 e. The zero-order valence-corrected chi connectivity index (χ0v) is 32.4. The van der Waals surface area contributed by atoms with E-state index >= 15 is 8.78 Å². The van der Waals surface area contributed by atoms with E-state index < -0.39 is 29.4 Å². The predicted molar refractivity (Wildman–Crippen MR) is 208 cm³/mol. The fourth-order valence-electron chi connectivity index (χ4n) is 10.2. The quantitative estimate of drug-likeness (QED) is 0.148. The van der Waals surface area contributed by atoms with Crippen LogP contribution in [0.15, 0.2) is 30.5 Å². The summed E-state index contributed by atoms with van der Waals surface area (Å²) in [5.41, 5.74) is 0.191. The second kappa shape index (κ2) is 14.3. The fraction of sp³-hybridized carbons (Fsp3) is 0.548. The zero-order valence-electron chi connectivity index (χ0n) is 32.4. The summed E-state index contributed by atoms with van der Waals surface area (Å²) in [7, 11) is 1.76. The van der Waals surface area contributed by atoms with Crippen molar-refractivity contribution in [3.8, 4) is 22.9 Å². The van der Waals surface area contributed by atoms with E-state index in [-0.39, 0.29) is 41.5 Å². The Morgan fingerprint density at radius 1 is 1.00 bits per heavy atom. The van der Waals surface area contributed by atoms with Crippen molar-refractivity contribution in [2.24, 2.45) is 24.3 Å². The number of alkyl halides is 2. The number of aromatic nitrogens is 4. The summed E-state index contributed by atoms with van der Waals surface area (Å²) in [5, 5.41) is 17.9. The van der Waals surface area contributed by atoms with Crippen molar-refractivity contribution in [2.45, 2.75) is 65.0 Å². The summed E-state index contributed by atoms with van der Waals surface area (Å²) in [6, 6.07) is 6.05. The minimum atomic E-state index is -2.53. The van der Waals surface area contributed by atoms with Crippen LogP contribution in [0.1, 0.15) is 45.6 Å². The molecule has 3 aromatic carbocycles. The van der Waals surface area contributed by atoms with Crippen molar-refractivity contribution in [2.75, 3.05) is 64.0 Å². The molecule has 2 unspecified atom stereocenters. The number of aryl methyl sites for hydroxylation is 2. The van der Waals surface area contributed by atoms with E-state index in [1.165, 1.54) is 12.1 Å². The van der Waals surface area contributed by atoms with Gasteiger partial charge < -0.3 is 24.4 Å². The van der Waals surface area contributed by atoms with Crippen LogP contribution in [-0.4, -0.2) is 112 Å². The van der Waals surface area contributed by atoms with Gasteiger partial charge in [0.05, 0.1) is 25.2 Å². The summed E-state index contributed by atoms with van der Waals surface area (Å²) >= 11 is 0. The van der Waals surface area contributed by atoms with E-state index in [9.17, 15) is 13.9 Å². The van der Waals surface area contributed by atoms with Crippen molar-refractivity contribution in [1.82, 2.24) is 29.5 Å². The van der Waals surface area contributed by atoms with Gasteiger partial charge in [0.1, 0.15) is 28.4 Å². The highest BCUT2D eigenvalue weighted by atomic mass is 19.3. The number of rotatable bonds is 10. The molecule has 5 aromatic rings. The molecule has 2 bridgehead atoms. The molecule has 4 fully saturated rings. The van der Waals surface area contributed by atoms with Crippen molar-refractivity contribution < 1.29 is 32.1 Å². The Morgan fingerprint density at radius 3 is 2.45 bits per heavy atom. The van der Waals surface area contributed by atoms with E-state index in [1.54, 1.807) is 23.9 Å². The summed E-state index contributed by atoms with van der Waals surface area (Å²) in [4.78, 5) is 16.8. The molecule has 4 saturated heterocycles. The number of piperazine rings is 1. The SMILES string of the molecule is CCc1c(F)ccc2cc(O)cc(-c3c(F)c4nc(OC[C@]5(C)CN(CC)CC[C@@H]5C(F)F)nc(N5C6CCC5CN(CC5COC5)C6)c4c4cn(C)nc34)c12. The molecule has 10 nitrogen and oxygen atoms in total. The van der Waals surface area contributed by atoms with Crippen molar-refractivity contribution in [3.63, 3.8) is 0 Å². The Morgan fingerprint density at radius 2 is 1.77 bits per heavy atom. The molecular weight excluding hydrogens is 726 g/mol. The average Bonchev–Trinajstić information content (AvgIpc) is 3.66. The average molecular weight is 776 g/mol. The van der Waals surface area contributed by atoms with Gasteiger partial charge in [-0.15, -0.1) is 0 Å². The Balaban J connectivity index is 1.24. The Hall–Kier alpha value is -4.27. The van der Waals surface area contributed by atoms with Crippen LogP contribution in [0.25, 0.3) is 43.7 Å². The molecule has 4 atom stereocenters. The molecule has 0 spiro atoms. The van der Waals surface area contributed by atoms with Gasteiger partial charge in [-0.2, -0.15) is 15.1 Å². The number of benzene rings is 3. The first-order chi connectivity index (χ1) is 27.0. The summed E-state index contributed by atoms with van der Waals surface area (Å²) < 4.78 is 75.8. The summed E-state index contributed by atoms with van der Waals surface area (Å²) in [6.07, 6.45) is 1.84. The second-order valence-electron chi connectivity index (χ2n) is 16.7. The van der Waals surface area contributed by atoms with E-state index in [0.29, 0.717) is 75.9 Å². The van der Waals surface area contributed by atoms with Crippen LogP contribution in [0, 0.1) is 28.9 Å². The molecule has 14 heteroatoms.